The predicted molar refractivity (Wildman–Crippen MR) is 97.2 cm³/mol. The average molecular weight is 335 g/mol. The Morgan fingerprint density at radius 2 is 2.00 bits per heavy atom. The maximum Gasteiger partial charge on any atom is 0.251 e. The van der Waals surface area contributed by atoms with Gasteiger partial charge in [-0.3, -0.25) is 4.79 Å². The lowest BCUT2D eigenvalue weighted by Crippen LogP contribution is -2.23. The van der Waals surface area contributed by atoms with Crippen LogP contribution < -0.4 is 10.6 Å². The first-order chi connectivity index (χ1) is 12.3. The van der Waals surface area contributed by atoms with Gasteiger partial charge in [-0.15, -0.1) is 0 Å². The second kappa shape index (κ2) is 8.63. The fourth-order valence-corrected chi connectivity index (χ4v) is 2.45. The molecule has 0 aliphatic rings. The third-order valence-corrected chi connectivity index (χ3v) is 3.78. The molecule has 3 rings (SSSR count). The van der Waals surface area contributed by atoms with E-state index >= 15 is 0 Å². The van der Waals surface area contributed by atoms with Gasteiger partial charge < -0.3 is 15.2 Å². The number of benzene rings is 1. The number of rotatable bonds is 8. The molecule has 0 spiro atoms. The number of amides is 1. The largest absolute Gasteiger partial charge is 0.370 e. The van der Waals surface area contributed by atoms with Crippen LogP contribution in [0.4, 0.5) is 5.82 Å². The summed E-state index contributed by atoms with van der Waals surface area (Å²) in [6.07, 6.45) is 8.11. The van der Waals surface area contributed by atoms with Crippen LogP contribution in [0.25, 0.3) is 0 Å². The molecule has 6 heteroatoms. The Morgan fingerprint density at radius 1 is 1.12 bits per heavy atom. The summed E-state index contributed by atoms with van der Waals surface area (Å²) in [5.41, 5.74) is 1.67. The molecule has 2 aromatic heterocycles. The van der Waals surface area contributed by atoms with Crippen LogP contribution >= 0.6 is 0 Å². The molecular formula is C19H21N5O. The van der Waals surface area contributed by atoms with E-state index in [1.165, 1.54) is 0 Å². The van der Waals surface area contributed by atoms with Crippen LogP contribution in [0.5, 0.6) is 0 Å². The molecule has 0 aliphatic carbocycles. The number of hydrogen-bond acceptors (Lipinski definition) is 4. The molecule has 3 aromatic rings. The van der Waals surface area contributed by atoms with Crippen LogP contribution in [-0.2, 0) is 13.1 Å². The van der Waals surface area contributed by atoms with Gasteiger partial charge in [-0.25, -0.2) is 9.97 Å². The first-order valence-corrected chi connectivity index (χ1v) is 8.29. The number of imidazole rings is 1. The van der Waals surface area contributed by atoms with E-state index in [1.54, 1.807) is 30.9 Å². The smallest absolute Gasteiger partial charge is 0.251 e. The molecule has 0 radical (unpaired) electrons. The van der Waals surface area contributed by atoms with Crippen LogP contribution in [-0.4, -0.2) is 27.0 Å². The Hall–Kier alpha value is -3.15. The zero-order valence-corrected chi connectivity index (χ0v) is 13.9. The molecule has 0 saturated heterocycles. The minimum atomic E-state index is -0.104. The molecule has 0 fully saturated rings. The Labute approximate surface area is 146 Å². The molecule has 128 valence electrons. The summed E-state index contributed by atoms with van der Waals surface area (Å²) < 4.78 is 2.03. The molecule has 2 heterocycles. The third kappa shape index (κ3) is 5.17. The number of anilines is 1. The third-order valence-electron chi connectivity index (χ3n) is 3.78. The highest BCUT2D eigenvalue weighted by atomic mass is 16.1. The lowest BCUT2D eigenvalue weighted by molar-refractivity contribution is 0.0951. The standard InChI is InChI=1S/C19H21N5O/c25-19(23-14-16-5-2-1-3-6-16)17-7-9-22-18(13-17)21-8-4-11-24-12-10-20-15-24/h1-3,5-7,9-10,12-13,15H,4,8,11,14H2,(H,21,22)(H,23,25). The predicted octanol–water partition coefficient (Wildman–Crippen LogP) is 2.71. The number of carbonyl (C=O) groups is 1. The molecule has 25 heavy (non-hydrogen) atoms. The SMILES string of the molecule is O=C(NCc1ccccc1)c1ccnc(NCCCn2ccnc2)c1. The van der Waals surface area contributed by atoms with E-state index in [1.807, 2.05) is 41.1 Å². The molecule has 0 unspecified atom stereocenters. The molecule has 0 aliphatic heterocycles. The van der Waals surface area contributed by atoms with Crippen molar-refractivity contribution >= 4 is 11.7 Å². The van der Waals surface area contributed by atoms with E-state index in [4.69, 9.17) is 0 Å². The summed E-state index contributed by atoms with van der Waals surface area (Å²) in [6.45, 7) is 2.18. The highest BCUT2D eigenvalue weighted by Crippen LogP contribution is 2.08. The van der Waals surface area contributed by atoms with Crippen molar-refractivity contribution in [1.29, 1.82) is 0 Å². The molecule has 2 N–H and O–H groups in total. The van der Waals surface area contributed by atoms with Crippen molar-refractivity contribution < 1.29 is 4.79 Å². The van der Waals surface area contributed by atoms with Crippen LogP contribution in [0.15, 0.2) is 67.4 Å². The number of pyridine rings is 1. The highest BCUT2D eigenvalue weighted by molar-refractivity contribution is 5.94. The summed E-state index contributed by atoms with van der Waals surface area (Å²) in [7, 11) is 0. The second-order valence-corrected chi connectivity index (χ2v) is 5.68. The van der Waals surface area contributed by atoms with Gasteiger partial charge in [0.1, 0.15) is 5.82 Å². The van der Waals surface area contributed by atoms with Gasteiger partial charge in [0.05, 0.1) is 6.33 Å². The average Bonchev–Trinajstić information content (AvgIpc) is 3.18. The highest BCUT2D eigenvalue weighted by Gasteiger charge is 2.06. The topological polar surface area (TPSA) is 71.8 Å². The van der Waals surface area contributed by atoms with E-state index in [0.717, 1.165) is 25.1 Å². The maximum absolute atomic E-state index is 12.3. The minimum Gasteiger partial charge on any atom is -0.370 e. The van der Waals surface area contributed by atoms with Gasteiger partial charge in [-0.05, 0) is 24.1 Å². The Balaban J connectivity index is 1.47. The van der Waals surface area contributed by atoms with E-state index < -0.39 is 0 Å². The number of nitrogens with zero attached hydrogens (tertiary/aromatic N) is 3. The fourth-order valence-electron chi connectivity index (χ4n) is 2.45. The lowest BCUT2D eigenvalue weighted by atomic mass is 10.2. The monoisotopic (exact) mass is 335 g/mol. The molecule has 0 saturated carbocycles. The van der Waals surface area contributed by atoms with Crippen LogP contribution in [0.3, 0.4) is 0 Å². The van der Waals surface area contributed by atoms with Gasteiger partial charge >= 0.3 is 0 Å². The molecule has 0 atom stereocenters. The van der Waals surface area contributed by atoms with E-state index in [2.05, 4.69) is 20.6 Å². The Morgan fingerprint density at radius 3 is 2.80 bits per heavy atom. The fraction of sp³-hybridized carbons (Fsp3) is 0.211. The van der Waals surface area contributed by atoms with Crippen molar-refractivity contribution in [2.24, 2.45) is 0 Å². The van der Waals surface area contributed by atoms with Gasteiger partial charge in [-0.1, -0.05) is 30.3 Å². The summed E-state index contributed by atoms with van der Waals surface area (Å²) in [4.78, 5) is 20.6. The minimum absolute atomic E-state index is 0.104. The van der Waals surface area contributed by atoms with Crippen LogP contribution in [0.1, 0.15) is 22.3 Å². The zero-order valence-electron chi connectivity index (χ0n) is 13.9. The van der Waals surface area contributed by atoms with Crippen molar-refractivity contribution in [3.8, 4) is 0 Å². The number of aromatic nitrogens is 3. The normalized spacial score (nSPS) is 10.4. The number of carbonyl (C=O) groups excluding carboxylic acids is 1. The Kier molecular flexibility index (Phi) is 5.77. The summed E-state index contributed by atoms with van der Waals surface area (Å²) in [5, 5.41) is 6.17. The van der Waals surface area contributed by atoms with Crippen LogP contribution in [0.2, 0.25) is 0 Å². The van der Waals surface area contributed by atoms with Gasteiger partial charge in [0, 0.05) is 43.8 Å². The summed E-state index contributed by atoms with van der Waals surface area (Å²) in [5.74, 6) is 0.603. The number of nitrogens with one attached hydrogen (secondary N) is 2. The van der Waals surface area contributed by atoms with Crippen molar-refractivity contribution in [2.75, 3.05) is 11.9 Å². The molecule has 1 amide bonds. The van der Waals surface area contributed by atoms with Crippen LogP contribution in [0, 0.1) is 0 Å². The first-order valence-electron chi connectivity index (χ1n) is 8.29. The van der Waals surface area contributed by atoms with E-state index in [0.29, 0.717) is 17.9 Å². The molecule has 6 nitrogen and oxygen atoms in total. The van der Waals surface area contributed by atoms with Crippen molar-refractivity contribution in [2.45, 2.75) is 19.5 Å². The van der Waals surface area contributed by atoms with Crippen molar-refractivity contribution in [3.05, 3.63) is 78.5 Å². The zero-order chi connectivity index (χ0) is 17.3. The Bertz CT molecular complexity index is 787. The van der Waals surface area contributed by atoms with Gasteiger partial charge in [0.15, 0.2) is 0 Å². The quantitative estimate of drug-likeness (QED) is 0.621. The first kappa shape index (κ1) is 16.7. The van der Waals surface area contributed by atoms with E-state index in [9.17, 15) is 4.79 Å². The lowest BCUT2D eigenvalue weighted by Gasteiger charge is -2.09. The number of hydrogen-bond donors (Lipinski definition) is 2. The van der Waals surface area contributed by atoms with Crippen molar-refractivity contribution in [3.63, 3.8) is 0 Å². The second-order valence-electron chi connectivity index (χ2n) is 5.68. The molecular weight excluding hydrogens is 314 g/mol. The summed E-state index contributed by atoms with van der Waals surface area (Å²) in [6, 6.07) is 13.3. The number of aryl methyl sites for hydroxylation is 1. The molecule has 0 bridgehead atoms. The van der Waals surface area contributed by atoms with Gasteiger partial charge in [0.25, 0.3) is 5.91 Å². The van der Waals surface area contributed by atoms with Gasteiger partial charge in [-0.2, -0.15) is 0 Å². The van der Waals surface area contributed by atoms with Crippen molar-refractivity contribution in [1.82, 2.24) is 19.9 Å². The van der Waals surface area contributed by atoms with Gasteiger partial charge in [0.2, 0.25) is 0 Å². The van der Waals surface area contributed by atoms with E-state index in [-0.39, 0.29) is 5.91 Å². The molecule has 1 aromatic carbocycles. The summed E-state index contributed by atoms with van der Waals surface area (Å²) >= 11 is 0. The maximum atomic E-state index is 12.3.